The van der Waals surface area contributed by atoms with Gasteiger partial charge in [-0.2, -0.15) is 0 Å². The Kier molecular flexibility index (Phi) is 6.83. The van der Waals surface area contributed by atoms with Gasteiger partial charge >= 0.3 is 0 Å². The highest BCUT2D eigenvalue weighted by Gasteiger charge is 2.11. The maximum absolute atomic E-state index is 12.1. The molecule has 0 bridgehead atoms. The highest BCUT2D eigenvalue weighted by atomic mass is 35.5. The molecule has 2 aromatic rings. The zero-order valence-electron chi connectivity index (χ0n) is 14.5. The molecule has 5 nitrogen and oxygen atoms in total. The molecule has 0 aliphatic carbocycles. The standard InChI is InChI=1S/C19H21ClN2O3/c1-4-25-19-16(20)10-14(11-17(19)24-3)7-8-18(23)22-13(2)15-6-5-9-21-12-15/h5-13H,4H2,1-3H3,(H,22,23)/b8-7+. The number of aromatic nitrogens is 1. The predicted octanol–water partition coefficient (Wildman–Crippen LogP) is 4.03. The maximum atomic E-state index is 12.1. The van der Waals surface area contributed by atoms with Crippen molar-refractivity contribution in [2.45, 2.75) is 19.9 Å². The number of carbonyl (C=O) groups excluding carboxylic acids is 1. The first kappa shape index (κ1) is 18.8. The third-order valence-corrected chi connectivity index (χ3v) is 3.79. The molecule has 0 aliphatic rings. The first-order chi connectivity index (χ1) is 12.0. The lowest BCUT2D eigenvalue weighted by molar-refractivity contribution is -0.117. The van der Waals surface area contributed by atoms with Gasteiger partial charge < -0.3 is 14.8 Å². The molecule has 0 aliphatic heterocycles. The summed E-state index contributed by atoms with van der Waals surface area (Å²) in [6.07, 6.45) is 6.56. The van der Waals surface area contributed by atoms with Crippen LogP contribution in [0.2, 0.25) is 5.02 Å². The molecular formula is C19H21ClN2O3. The van der Waals surface area contributed by atoms with Gasteiger partial charge in [-0.15, -0.1) is 0 Å². The summed E-state index contributed by atoms with van der Waals surface area (Å²) < 4.78 is 10.8. The normalized spacial score (nSPS) is 12.0. The van der Waals surface area contributed by atoms with Crippen molar-refractivity contribution in [2.75, 3.05) is 13.7 Å². The molecule has 6 heteroatoms. The second-order valence-electron chi connectivity index (χ2n) is 5.32. The van der Waals surface area contributed by atoms with E-state index in [0.717, 1.165) is 11.1 Å². The zero-order chi connectivity index (χ0) is 18.2. The molecule has 1 atom stereocenters. The molecular weight excluding hydrogens is 340 g/mol. The fourth-order valence-electron chi connectivity index (χ4n) is 2.27. The van der Waals surface area contributed by atoms with Crippen LogP contribution in [0.5, 0.6) is 11.5 Å². The molecule has 2 rings (SSSR count). The third kappa shape index (κ3) is 5.22. The quantitative estimate of drug-likeness (QED) is 0.757. The number of nitrogens with one attached hydrogen (secondary N) is 1. The van der Waals surface area contributed by atoms with Crippen molar-refractivity contribution in [3.63, 3.8) is 0 Å². The Bertz CT molecular complexity index is 748. The number of pyridine rings is 1. The van der Waals surface area contributed by atoms with Crippen molar-refractivity contribution < 1.29 is 14.3 Å². The Balaban J connectivity index is 2.08. The van der Waals surface area contributed by atoms with Gasteiger partial charge in [0, 0.05) is 18.5 Å². The summed E-state index contributed by atoms with van der Waals surface area (Å²) in [5, 5.41) is 3.32. The minimum Gasteiger partial charge on any atom is -0.493 e. The summed E-state index contributed by atoms with van der Waals surface area (Å²) in [5.41, 5.74) is 1.68. The molecule has 1 unspecified atom stereocenters. The van der Waals surface area contributed by atoms with E-state index in [1.54, 1.807) is 37.7 Å². The maximum Gasteiger partial charge on any atom is 0.244 e. The van der Waals surface area contributed by atoms with E-state index in [1.807, 2.05) is 26.0 Å². The third-order valence-electron chi connectivity index (χ3n) is 3.51. The van der Waals surface area contributed by atoms with Crippen molar-refractivity contribution in [2.24, 2.45) is 0 Å². The van der Waals surface area contributed by atoms with Gasteiger partial charge in [0.05, 0.1) is 24.8 Å². The van der Waals surface area contributed by atoms with Crippen LogP contribution in [-0.4, -0.2) is 24.6 Å². The van der Waals surface area contributed by atoms with Crippen LogP contribution in [-0.2, 0) is 4.79 Å². The van der Waals surface area contributed by atoms with Gasteiger partial charge in [0.25, 0.3) is 0 Å². The summed E-state index contributed by atoms with van der Waals surface area (Å²) in [7, 11) is 1.55. The van der Waals surface area contributed by atoms with Gasteiger partial charge in [0.1, 0.15) is 0 Å². The lowest BCUT2D eigenvalue weighted by atomic mass is 10.1. The summed E-state index contributed by atoms with van der Waals surface area (Å²) in [4.78, 5) is 16.2. The number of benzene rings is 1. The van der Waals surface area contributed by atoms with Gasteiger partial charge in [0.2, 0.25) is 5.91 Å². The van der Waals surface area contributed by atoms with Gasteiger partial charge in [-0.3, -0.25) is 9.78 Å². The molecule has 25 heavy (non-hydrogen) atoms. The molecule has 1 aromatic heterocycles. The fraction of sp³-hybridized carbons (Fsp3) is 0.263. The number of hydrogen-bond donors (Lipinski definition) is 1. The van der Waals surface area contributed by atoms with E-state index in [0.29, 0.717) is 23.1 Å². The molecule has 1 amide bonds. The van der Waals surface area contributed by atoms with E-state index in [1.165, 1.54) is 6.08 Å². The molecule has 1 N–H and O–H groups in total. The van der Waals surface area contributed by atoms with Crippen LogP contribution in [0.1, 0.15) is 31.0 Å². The molecule has 132 valence electrons. The van der Waals surface area contributed by atoms with E-state index in [-0.39, 0.29) is 11.9 Å². The van der Waals surface area contributed by atoms with Crippen molar-refractivity contribution in [1.29, 1.82) is 0 Å². The molecule has 0 radical (unpaired) electrons. The SMILES string of the molecule is CCOc1c(Cl)cc(/C=C/C(=O)NC(C)c2cccnc2)cc1OC. The topological polar surface area (TPSA) is 60.5 Å². The van der Waals surface area contributed by atoms with Crippen molar-refractivity contribution in [3.8, 4) is 11.5 Å². The van der Waals surface area contributed by atoms with E-state index >= 15 is 0 Å². The Morgan fingerprint density at radius 3 is 2.88 bits per heavy atom. The zero-order valence-corrected chi connectivity index (χ0v) is 15.2. The lowest BCUT2D eigenvalue weighted by Gasteiger charge is -2.13. The monoisotopic (exact) mass is 360 g/mol. The lowest BCUT2D eigenvalue weighted by Crippen LogP contribution is -2.24. The average molecular weight is 361 g/mol. The predicted molar refractivity (Wildman–Crippen MR) is 99.0 cm³/mol. The first-order valence-corrected chi connectivity index (χ1v) is 8.31. The minimum absolute atomic E-state index is 0.135. The number of rotatable bonds is 7. The number of halogens is 1. The molecule has 0 saturated carbocycles. The number of amides is 1. The number of nitrogens with zero attached hydrogens (tertiary/aromatic N) is 1. The highest BCUT2D eigenvalue weighted by Crippen LogP contribution is 2.36. The van der Waals surface area contributed by atoms with Crippen LogP contribution < -0.4 is 14.8 Å². The van der Waals surface area contributed by atoms with Gasteiger partial charge in [-0.05, 0) is 49.2 Å². The second-order valence-corrected chi connectivity index (χ2v) is 5.72. The molecule has 1 heterocycles. The number of methoxy groups -OCH3 is 1. The summed E-state index contributed by atoms with van der Waals surface area (Å²) in [6, 6.07) is 7.11. The van der Waals surface area contributed by atoms with Crippen LogP contribution in [0.3, 0.4) is 0 Å². The van der Waals surface area contributed by atoms with Crippen molar-refractivity contribution >= 4 is 23.6 Å². The Hall–Kier alpha value is -2.53. The minimum atomic E-state index is -0.208. The van der Waals surface area contributed by atoms with E-state index in [9.17, 15) is 4.79 Å². The largest absolute Gasteiger partial charge is 0.493 e. The van der Waals surface area contributed by atoms with E-state index in [2.05, 4.69) is 10.3 Å². The summed E-state index contributed by atoms with van der Waals surface area (Å²) >= 11 is 6.23. The Morgan fingerprint density at radius 1 is 1.44 bits per heavy atom. The molecule has 0 spiro atoms. The van der Waals surface area contributed by atoms with Crippen molar-refractivity contribution in [1.82, 2.24) is 10.3 Å². The molecule has 1 aromatic carbocycles. The number of ether oxygens (including phenoxy) is 2. The van der Waals surface area contributed by atoms with Gasteiger partial charge in [0.15, 0.2) is 11.5 Å². The second kappa shape index (κ2) is 9.08. The summed E-state index contributed by atoms with van der Waals surface area (Å²) in [6.45, 7) is 4.26. The highest BCUT2D eigenvalue weighted by molar-refractivity contribution is 6.32. The fourth-order valence-corrected chi connectivity index (χ4v) is 2.54. The average Bonchev–Trinajstić information content (AvgIpc) is 2.62. The Labute approximate surface area is 152 Å². The van der Waals surface area contributed by atoms with Crippen LogP contribution in [0.25, 0.3) is 6.08 Å². The van der Waals surface area contributed by atoms with Crippen LogP contribution in [0.15, 0.2) is 42.7 Å². The van der Waals surface area contributed by atoms with E-state index < -0.39 is 0 Å². The van der Waals surface area contributed by atoms with Crippen LogP contribution in [0.4, 0.5) is 0 Å². The Morgan fingerprint density at radius 2 is 2.24 bits per heavy atom. The van der Waals surface area contributed by atoms with Crippen LogP contribution in [0, 0.1) is 0 Å². The molecule has 0 fully saturated rings. The van der Waals surface area contributed by atoms with Crippen molar-refractivity contribution in [3.05, 3.63) is 58.9 Å². The van der Waals surface area contributed by atoms with Gasteiger partial charge in [-0.25, -0.2) is 0 Å². The van der Waals surface area contributed by atoms with E-state index in [4.69, 9.17) is 21.1 Å². The van der Waals surface area contributed by atoms with Crippen LogP contribution >= 0.6 is 11.6 Å². The smallest absolute Gasteiger partial charge is 0.244 e. The van der Waals surface area contributed by atoms with Gasteiger partial charge in [-0.1, -0.05) is 17.7 Å². The first-order valence-electron chi connectivity index (χ1n) is 7.94. The number of carbonyl (C=O) groups is 1. The number of hydrogen-bond acceptors (Lipinski definition) is 4. The summed E-state index contributed by atoms with van der Waals surface area (Å²) in [5.74, 6) is 0.817. The molecule has 0 saturated heterocycles.